The van der Waals surface area contributed by atoms with Gasteiger partial charge in [-0.05, 0) is 18.2 Å². The third kappa shape index (κ3) is 2.80. The van der Waals surface area contributed by atoms with Crippen LogP contribution in [0.25, 0.3) is 5.95 Å². The Kier molecular flexibility index (Phi) is 3.57. The molecule has 0 aliphatic heterocycles. The molecule has 3 rings (SSSR count). The summed E-state index contributed by atoms with van der Waals surface area (Å²) in [7, 11) is 0. The number of carbonyl (C=O) groups is 1. The minimum atomic E-state index is -0.938. The van der Waals surface area contributed by atoms with Crippen molar-refractivity contribution in [2.45, 2.75) is 0 Å². The average molecular weight is 301 g/mol. The number of halogens is 2. The number of aromatic nitrogens is 4. The summed E-state index contributed by atoms with van der Waals surface area (Å²) in [5.41, 5.74) is 0.0159. The van der Waals surface area contributed by atoms with Crippen LogP contribution < -0.4 is 5.32 Å². The molecule has 0 fully saturated rings. The largest absolute Gasteiger partial charge is 0.319 e. The highest BCUT2D eigenvalue weighted by Crippen LogP contribution is 2.12. The van der Waals surface area contributed by atoms with E-state index in [9.17, 15) is 13.6 Å². The number of amides is 1. The molecule has 3 aromatic rings. The highest BCUT2D eigenvalue weighted by Gasteiger charge is 2.13. The van der Waals surface area contributed by atoms with E-state index in [0.717, 1.165) is 12.1 Å². The van der Waals surface area contributed by atoms with E-state index in [1.807, 2.05) is 0 Å². The number of benzene rings is 1. The van der Waals surface area contributed by atoms with Crippen molar-refractivity contribution in [3.8, 4) is 5.95 Å². The van der Waals surface area contributed by atoms with Gasteiger partial charge in [-0.3, -0.25) is 4.79 Å². The van der Waals surface area contributed by atoms with Gasteiger partial charge in [-0.15, -0.1) is 0 Å². The van der Waals surface area contributed by atoms with Crippen molar-refractivity contribution in [2.24, 2.45) is 0 Å². The molecule has 0 atom stereocenters. The summed E-state index contributed by atoms with van der Waals surface area (Å²) in [4.78, 5) is 20.0. The lowest BCUT2D eigenvalue weighted by atomic mass is 10.2. The Morgan fingerprint density at radius 2 is 1.95 bits per heavy atom. The van der Waals surface area contributed by atoms with Gasteiger partial charge in [0.25, 0.3) is 11.9 Å². The second-order valence-electron chi connectivity index (χ2n) is 4.30. The first-order valence-corrected chi connectivity index (χ1v) is 6.22. The van der Waals surface area contributed by atoms with Gasteiger partial charge in [0.15, 0.2) is 0 Å². The van der Waals surface area contributed by atoms with Crippen molar-refractivity contribution in [2.75, 3.05) is 5.32 Å². The molecule has 2 aromatic heterocycles. The molecule has 0 aliphatic rings. The molecule has 22 heavy (non-hydrogen) atoms. The molecule has 8 heteroatoms. The molecule has 110 valence electrons. The van der Waals surface area contributed by atoms with Gasteiger partial charge >= 0.3 is 0 Å². The zero-order valence-electron chi connectivity index (χ0n) is 11.1. The first-order chi connectivity index (χ1) is 10.6. The average Bonchev–Trinajstić information content (AvgIpc) is 3.02. The third-order valence-electron chi connectivity index (χ3n) is 2.78. The molecule has 0 saturated carbocycles. The first-order valence-electron chi connectivity index (χ1n) is 6.22. The molecular weight excluding hydrogens is 292 g/mol. The molecule has 1 aromatic carbocycles. The number of anilines is 1. The zero-order chi connectivity index (χ0) is 15.5. The van der Waals surface area contributed by atoms with Crippen molar-refractivity contribution in [1.29, 1.82) is 0 Å². The SMILES string of the molecule is O=C(Nc1cnc(-n2cccn2)nc1)c1ccc(F)cc1F. The zero-order valence-corrected chi connectivity index (χ0v) is 11.1. The highest BCUT2D eigenvalue weighted by molar-refractivity contribution is 6.04. The normalized spacial score (nSPS) is 10.5. The van der Waals surface area contributed by atoms with Gasteiger partial charge in [0.2, 0.25) is 0 Å². The van der Waals surface area contributed by atoms with Crippen LogP contribution in [0.2, 0.25) is 0 Å². The van der Waals surface area contributed by atoms with E-state index in [1.54, 1.807) is 18.5 Å². The van der Waals surface area contributed by atoms with E-state index in [1.165, 1.54) is 17.1 Å². The minimum Gasteiger partial charge on any atom is -0.319 e. The van der Waals surface area contributed by atoms with Crippen LogP contribution in [0.15, 0.2) is 49.1 Å². The highest BCUT2D eigenvalue weighted by atomic mass is 19.1. The number of carbonyl (C=O) groups excluding carboxylic acids is 1. The molecule has 0 saturated heterocycles. The van der Waals surface area contributed by atoms with Gasteiger partial charge in [0, 0.05) is 18.5 Å². The fourth-order valence-electron chi connectivity index (χ4n) is 1.76. The quantitative estimate of drug-likeness (QED) is 0.805. The maximum atomic E-state index is 13.5. The molecular formula is C14H9F2N5O. The molecule has 0 aliphatic carbocycles. The fourth-order valence-corrected chi connectivity index (χ4v) is 1.76. The van der Waals surface area contributed by atoms with Crippen molar-refractivity contribution in [3.63, 3.8) is 0 Å². The molecule has 2 heterocycles. The Morgan fingerprint density at radius 3 is 2.59 bits per heavy atom. The monoisotopic (exact) mass is 301 g/mol. The van der Waals surface area contributed by atoms with Gasteiger partial charge < -0.3 is 5.32 Å². The summed E-state index contributed by atoms with van der Waals surface area (Å²) >= 11 is 0. The lowest BCUT2D eigenvalue weighted by Crippen LogP contribution is -2.14. The number of hydrogen-bond donors (Lipinski definition) is 1. The maximum Gasteiger partial charge on any atom is 0.258 e. The van der Waals surface area contributed by atoms with Gasteiger partial charge in [0.05, 0.1) is 23.6 Å². The molecule has 0 unspecified atom stereocenters. The molecule has 6 nitrogen and oxygen atoms in total. The Labute approximate surface area is 123 Å². The van der Waals surface area contributed by atoms with Crippen LogP contribution in [0.3, 0.4) is 0 Å². The molecule has 1 amide bonds. The first kappa shape index (κ1) is 13.8. The summed E-state index contributed by atoms with van der Waals surface area (Å²) < 4.78 is 27.8. The lowest BCUT2D eigenvalue weighted by molar-refractivity contribution is 0.102. The van der Waals surface area contributed by atoms with Gasteiger partial charge in [-0.2, -0.15) is 5.10 Å². The smallest absolute Gasteiger partial charge is 0.258 e. The number of nitrogens with one attached hydrogen (secondary N) is 1. The summed E-state index contributed by atoms with van der Waals surface area (Å²) in [6, 6.07) is 4.44. The number of hydrogen-bond acceptors (Lipinski definition) is 4. The second-order valence-corrected chi connectivity index (χ2v) is 4.30. The van der Waals surface area contributed by atoms with E-state index >= 15 is 0 Å². The Bertz CT molecular complexity index is 803. The van der Waals surface area contributed by atoms with Crippen LogP contribution >= 0.6 is 0 Å². The fraction of sp³-hybridized carbons (Fsp3) is 0. The molecule has 0 bridgehead atoms. The van der Waals surface area contributed by atoms with Gasteiger partial charge in [0.1, 0.15) is 11.6 Å². The van der Waals surface area contributed by atoms with Crippen LogP contribution in [0.4, 0.5) is 14.5 Å². The van der Waals surface area contributed by atoms with Gasteiger partial charge in [-0.25, -0.2) is 23.4 Å². The van der Waals surface area contributed by atoms with E-state index in [-0.39, 0.29) is 11.3 Å². The number of nitrogens with zero attached hydrogens (tertiary/aromatic N) is 4. The van der Waals surface area contributed by atoms with Crippen molar-refractivity contribution < 1.29 is 13.6 Å². The summed E-state index contributed by atoms with van der Waals surface area (Å²) in [5, 5.41) is 6.40. The molecule has 0 radical (unpaired) electrons. The summed E-state index contributed by atoms with van der Waals surface area (Å²) in [6.07, 6.45) is 5.98. The third-order valence-corrected chi connectivity index (χ3v) is 2.78. The summed E-state index contributed by atoms with van der Waals surface area (Å²) in [5.74, 6) is -2.07. The molecule has 1 N–H and O–H groups in total. The van der Waals surface area contributed by atoms with E-state index in [2.05, 4.69) is 20.4 Å². The molecule has 0 spiro atoms. The van der Waals surface area contributed by atoms with E-state index < -0.39 is 17.5 Å². The van der Waals surface area contributed by atoms with Gasteiger partial charge in [-0.1, -0.05) is 0 Å². The van der Waals surface area contributed by atoms with Crippen molar-refractivity contribution >= 4 is 11.6 Å². The second kappa shape index (κ2) is 5.68. The maximum absolute atomic E-state index is 13.5. The summed E-state index contributed by atoms with van der Waals surface area (Å²) in [6.45, 7) is 0. The minimum absolute atomic E-state index is 0.266. The Balaban J connectivity index is 1.77. The topological polar surface area (TPSA) is 72.7 Å². The predicted molar refractivity (Wildman–Crippen MR) is 73.5 cm³/mol. The predicted octanol–water partition coefficient (Wildman–Crippen LogP) is 2.19. The van der Waals surface area contributed by atoms with Crippen molar-refractivity contribution in [1.82, 2.24) is 19.7 Å². The van der Waals surface area contributed by atoms with Crippen LogP contribution in [-0.2, 0) is 0 Å². The lowest BCUT2D eigenvalue weighted by Gasteiger charge is -2.06. The Morgan fingerprint density at radius 1 is 1.18 bits per heavy atom. The van der Waals surface area contributed by atoms with Crippen molar-refractivity contribution in [3.05, 3.63) is 66.3 Å². The number of rotatable bonds is 3. The Hall–Kier alpha value is -3.16. The van der Waals surface area contributed by atoms with Crippen LogP contribution in [0, 0.1) is 11.6 Å². The van der Waals surface area contributed by atoms with E-state index in [4.69, 9.17) is 0 Å². The van der Waals surface area contributed by atoms with Crippen LogP contribution in [0.1, 0.15) is 10.4 Å². The van der Waals surface area contributed by atoms with Crippen LogP contribution in [0.5, 0.6) is 0 Å². The standard InChI is InChI=1S/C14H9F2N5O/c15-9-2-3-11(12(16)6-9)13(22)20-10-7-17-14(18-8-10)21-5-1-4-19-21/h1-8H,(H,20,22). The van der Waals surface area contributed by atoms with E-state index in [0.29, 0.717) is 12.0 Å². The van der Waals surface area contributed by atoms with Crippen LogP contribution in [-0.4, -0.2) is 25.7 Å².